The average molecular weight is 354 g/mol. The van der Waals surface area contributed by atoms with Gasteiger partial charge in [0, 0.05) is 42.4 Å². The number of aliphatic hydroxyl groups is 1. The summed E-state index contributed by atoms with van der Waals surface area (Å²) in [5, 5.41) is 11.2. The Morgan fingerprint density at radius 3 is 2.88 bits per heavy atom. The van der Waals surface area contributed by atoms with E-state index < -0.39 is 0 Å². The first-order valence-electron chi connectivity index (χ1n) is 9.25. The summed E-state index contributed by atoms with van der Waals surface area (Å²) >= 11 is 0. The van der Waals surface area contributed by atoms with Crippen molar-refractivity contribution in [1.29, 1.82) is 0 Å². The van der Waals surface area contributed by atoms with E-state index in [1.54, 1.807) is 7.11 Å². The van der Waals surface area contributed by atoms with Crippen LogP contribution in [0.25, 0.3) is 10.9 Å². The smallest absolute Gasteiger partial charge is 0.179 e. The minimum absolute atomic E-state index is 0.0765. The van der Waals surface area contributed by atoms with Crippen LogP contribution in [0.5, 0.6) is 5.75 Å². The lowest BCUT2D eigenvalue weighted by atomic mass is 9.71. The van der Waals surface area contributed by atoms with Crippen LogP contribution in [0.15, 0.2) is 29.8 Å². The molecule has 138 valence electrons. The Morgan fingerprint density at radius 2 is 2.19 bits per heavy atom. The van der Waals surface area contributed by atoms with Crippen molar-refractivity contribution in [2.75, 3.05) is 27.3 Å². The van der Waals surface area contributed by atoms with Crippen molar-refractivity contribution in [1.82, 2.24) is 9.88 Å². The van der Waals surface area contributed by atoms with Gasteiger partial charge in [0.2, 0.25) is 0 Å². The molecular formula is C21H26N2O3. The summed E-state index contributed by atoms with van der Waals surface area (Å²) in [6, 6.07) is 6.11. The SMILES string of the molecule is C/C=C1/CN(C)C2Cc3c([nH]c4ccc(OC)cc34)C(=O)CC1C2CO. The molecule has 3 unspecified atom stereocenters. The summed E-state index contributed by atoms with van der Waals surface area (Å²) in [4.78, 5) is 18.8. The fourth-order valence-electron chi connectivity index (χ4n) is 4.85. The zero-order valence-corrected chi connectivity index (χ0v) is 15.6. The second-order valence-corrected chi connectivity index (χ2v) is 7.52. The van der Waals surface area contributed by atoms with Gasteiger partial charge in [-0.3, -0.25) is 9.69 Å². The Hall–Kier alpha value is -2.11. The Morgan fingerprint density at radius 1 is 1.38 bits per heavy atom. The van der Waals surface area contributed by atoms with Gasteiger partial charge in [-0.05, 0) is 50.1 Å². The van der Waals surface area contributed by atoms with Crippen LogP contribution in [0.3, 0.4) is 0 Å². The molecule has 0 radical (unpaired) electrons. The van der Waals surface area contributed by atoms with Gasteiger partial charge in [-0.25, -0.2) is 0 Å². The Labute approximate surface area is 153 Å². The molecular weight excluding hydrogens is 328 g/mol. The maximum absolute atomic E-state index is 13.1. The van der Waals surface area contributed by atoms with Crippen LogP contribution < -0.4 is 4.74 Å². The number of nitrogens with zero attached hydrogens (tertiary/aromatic N) is 1. The predicted molar refractivity (Wildman–Crippen MR) is 102 cm³/mol. The van der Waals surface area contributed by atoms with Crippen LogP contribution in [0.4, 0.5) is 0 Å². The number of benzene rings is 1. The van der Waals surface area contributed by atoms with Crippen molar-refractivity contribution in [2.45, 2.75) is 25.8 Å². The first-order valence-corrected chi connectivity index (χ1v) is 9.25. The zero-order valence-electron chi connectivity index (χ0n) is 15.6. The second kappa shape index (κ2) is 6.56. The molecule has 5 heteroatoms. The van der Waals surface area contributed by atoms with Crippen LogP contribution in [0.1, 0.15) is 29.4 Å². The molecule has 2 heterocycles. The van der Waals surface area contributed by atoms with E-state index in [0.29, 0.717) is 6.42 Å². The Balaban J connectivity index is 1.89. The number of likely N-dealkylation sites (N-methyl/N-ethyl adjacent to an activating group) is 1. The van der Waals surface area contributed by atoms with E-state index in [0.717, 1.165) is 40.9 Å². The van der Waals surface area contributed by atoms with E-state index in [-0.39, 0.29) is 30.3 Å². The number of piperidine rings is 1. The number of nitrogens with one attached hydrogen (secondary N) is 1. The molecule has 1 aliphatic heterocycles. The molecule has 1 aromatic heterocycles. The summed E-state index contributed by atoms with van der Waals surface area (Å²) in [6.45, 7) is 2.99. The standard InChI is InChI=1S/C21H26N2O3/c1-4-12-10-23(2)19-8-16-15-7-13(26-3)5-6-18(15)22-21(16)20(25)9-14(12)17(19)11-24/h4-7,14,17,19,22,24H,8-11H2,1-3H3/b12-4-. The minimum Gasteiger partial charge on any atom is -0.497 e. The van der Waals surface area contributed by atoms with E-state index in [1.807, 2.05) is 25.1 Å². The number of aliphatic hydroxyl groups excluding tert-OH is 1. The number of Topliss-reactive ketones (excluding diaryl/α,β-unsaturated/α-hetero) is 1. The van der Waals surface area contributed by atoms with Crippen LogP contribution >= 0.6 is 0 Å². The van der Waals surface area contributed by atoms with E-state index in [1.165, 1.54) is 5.57 Å². The van der Waals surface area contributed by atoms with Gasteiger partial charge in [0.15, 0.2) is 5.78 Å². The average Bonchev–Trinajstić information content (AvgIpc) is 3.00. The predicted octanol–water partition coefficient (Wildman–Crippen LogP) is 2.79. The van der Waals surface area contributed by atoms with E-state index in [9.17, 15) is 9.90 Å². The fourth-order valence-corrected chi connectivity index (χ4v) is 4.85. The number of carbonyl (C=O) groups is 1. The molecule has 2 N–H and O–H groups in total. The highest BCUT2D eigenvalue weighted by Gasteiger charge is 2.42. The minimum atomic E-state index is 0.0765. The Bertz CT molecular complexity index is 883. The number of aromatic nitrogens is 1. The third-order valence-electron chi connectivity index (χ3n) is 6.28. The van der Waals surface area contributed by atoms with Crippen molar-refractivity contribution in [3.05, 3.63) is 41.1 Å². The van der Waals surface area contributed by atoms with Crippen molar-refractivity contribution < 1.29 is 14.6 Å². The van der Waals surface area contributed by atoms with Gasteiger partial charge in [-0.2, -0.15) is 0 Å². The van der Waals surface area contributed by atoms with Gasteiger partial charge in [-0.1, -0.05) is 11.6 Å². The number of hydrogen-bond acceptors (Lipinski definition) is 4. The highest BCUT2D eigenvalue weighted by molar-refractivity contribution is 6.03. The van der Waals surface area contributed by atoms with Gasteiger partial charge in [-0.15, -0.1) is 0 Å². The number of carbonyl (C=O) groups excluding carboxylic acids is 1. The van der Waals surface area contributed by atoms with Crippen LogP contribution in [-0.4, -0.2) is 54.1 Å². The molecule has 3 atom stereocenters. The van der Waals surface area contributed by atoms with Crippen molar-refractivity contribution in [3.8, 4) is 5.75 Å². The third-order valence-corrected chi connectivity index (χ3v) is 6.28. The second-order valence-electron chi connectivity index (χ2n) is 7.52. The summed E-state index contributed by atoms with van der Waals surface area (Å²) in [5.74, 6) is 1.12. The summed E-state index contributed by atoms with van der Waals surface area (Å²) in [5.41, 5.74) is 4.01. The van der Waals surface area contributed by atoms with Crippen molar-refractivity contribution >= 4 is 16.7 Å². The van der Waals surface area contributed by atoms with Crippen LogP contribution in [0.2, 0.25) is 0 Å². The number of allylic oxidation sites excluding steroid dienone is 1. The monoisotopic (exact) mass is 354 g/mol. The normalized spacial score (nSPS) is 28.1. The molecule has 4 rings (SSSR count). The number of H-pyrrole nitrogens is 1. The number of rotatable bonds is 2. The lowest BCUT2D eigenvalue weighted by Crippen LogP contribution is -2.52. The number of methoxy groups -OCH3 is 1. The number of fused-ring (bicyclic) bond motifs is 5. The molecule has 2 aromatic rings. The maximum atomic E-state index is 13.1. The molecule has 0 saturated carbocycles. The highest BCUT2D eigenvalue weighted by atomic mass is 16.5. The fraction of sp³-hybridized carbons (Fsp3) is 0.476. The molecule has 2 aliphatic rings. The molecule has 2 bridgehead atoms. The van der Waals surface area contributed by atoms with Gasteiger partial charge in [0.05, 0.1) is 12.8 Å². The summed E-state index contributed by atoms with van der Waals surface area (Å²) in [6.07, 6.45) is 3.32. The van der Waals surface area contributed by atoms with Gasteiger partial charge >= 0.3 is 0 Å². The van der Waals surface area contributed by atoms with Gasteiger partial charge in [0.25, 0.3) is 0 Å². The maximum Gasteiger partial charge on any atom is 0.179 e. The number of ketones is 1. The molecule has 5 nitrogen and oxygen atoms in total. The molecule has 0 amide bonds. The van der Waals surface area contributed by atoms with E-state index in [4.69, 9.17) is 4.74 Å². The van der Waals surface area contributed by atoms with Crippen molar-refractivity contribution in [2.24, 2.45) is 11.8 Å². The number of aromatic amines is 1. The number of likely N-dealkylation sites (tertiary alicyclic amines) is 1. The first kappa shape index (κ1) is 17.3. The highest BCUT2D eigenvalue weighted by Crippen LogP contribution is 2.41. The van der Waals surface area contributed by atoms with E-state index in [2.05, 4.69) is 23.0 Å². The van der Waals surface area contributed by atoms with Crippen molar-refractivity contribution in [3.63, 3.8) is 0 Å². The molecule has 1 fully saturated rings. The van der Waals surface area contributed by atoms with Crippen LogP contribution in [0, 0.1) is 11.8 Å². The van der Waals surface area contributed by atoms with Gasteiger partial charge in [0.1, 0.15) is 5.75 Å². The number of hydrogen-bond donors (Lipinski definition) is 2. The van der Waals surface area contributed by atoms with Gasteiger partial charge < -0.3 is 14.8 Å². The first-order chi connectivity index (χ1) is 12.6. The zero-order chi connectivity index (χ0) is 18.4. The molecule has 26 heavy (non-hydrogen) atoms. The van der Waals surface area contributed by atoms with E-state index >= 15 is 0 Å². The Kier molecular flexibility index (Phi) is 4.37. The molecule has 0 spiro atoms. The molecule has 1 aliphatic carbocycles. The third kappa shape index (κ3) is 2.58. The summed E-state index contributed by atoms with van der Waals surface area (Å²) < 4.78 is 5.38. The van der Waals surface area contributed by atoms with Crippen LogP contribution in [-0.2, 0) is 6.42 Å². The number of ether oxygens (including phenoxy) is 1. The lowest BCUT2D eigenvalue weighted by Gasteiger charge is -2.46. The molecule has 1 aromatic carbocycles. The molecule has 1 saturated heterocycles. The topological polar surface area (TPSA) is 65.6 Å². The largest absolute Gasteiger partial charge is 0.497 e. The lowest BCUT2D eigenvalue weighted by molar-refractivity contribution is 0.0518. The quantitative estimate of drug-likeness (QED) is 0.814. The summed E-state index contributed by atoms with van der Waals surface area (Å²) in [7, 11) is 3.77.